The van der Waals surface area contributed by atoms with E-state index in [1.165, 1.54) is 39.1 Å². The molecule has 0 atom stereocenters. The van der Waals surface area contributed by atoms with Crippen molar-refractivity contribution in [3.8, 4) is 5.69 Å². The molecule has 0 spiro atoms. The Hall–Kier alpha value is -5.47. The highest BCUT2D eigenvalue weighted by molar-refractivity contribution is 6.09. The summed E-state index contributed by atoms with van der Waals surface area (Å²) in [5.74, 6) is -0.833. The quantitative estimate of drug-likeness (QED) is 0.0731. The number of carbonyl (C=O) groups excluding carboxylic acids is 4. The second-order valence-corrected chi connectivity index (χ2v) is 13.5. The third-order valence-electron chi connectivity index (χ3n) is 5.72. The summed E-state index contributed by atoms with van der Waals surface area (Å²) in [5.41, 5.74) is 21.0. The number of benzene rings is 2. The third-order valence-corrected chi connectivity index (χ3v) is 5.72. The summed E-state index contributed by atoms with van der Waals surface area (Å²) in [4.78, 5) is 60.2. The van der Waals surface area contributed by atoms with Crippen molar-refractivity contribution in [2.45, 2.75) is 101 Å². The van der Waals surface area contributed by atoms with Gasteiger partial charge in [0, 0.05) is 48.5 Å². The van der Waals surface area contributed by atoms with Gasteiger partial charge in [0.05, 0.1) is 18.3 Å². The monoisotopic (exact) mass is 809 g/mol. The van der Waals surface area contributed by atoms with Crippen LogP contribution < -0.4 is 23.8 Å². The lowest BCUT2D eigenvalue weighted by atomic mass is 10.1. The van der Waals surface area contributed by atoms with Gasteiger partial charge in [-0.2, -0.15) is 9.78 Å². The molecule has 0 unspecified atom stereocenters. The van der Waals surface area contributed by atoms with Gasteiger partial charge in [-0.15, -0.1) is 0 Å². The van der Waals surface area contributed by atoms with Crippen LogP contribution in [0.3, 0.4) is 0 Å². The maximum absolute atomic E-state index is 9.00. The summed E-state index contributed by atoms with van der Waals surface area (Å²) in [6.45, 7) is 26.2. The molecule has 1 aliphatic rings. The zero-order chi connectivity index (χ0) is 42.5. The van der Waals surface area contributed by atoms with Crippen LogP contribution in [0, 0.1) is 41.5 Å². The maximum Gasteiger partial charge on any atom is 0.300 e. The van der Waals surface area contributed by atoms with Gasteiger partial charge in [-0.05, 0) is 105 Å². The van der Waals surface area contributed by atoms with Crippen molar-refractivity contribution in [2.75, 3.05) is 12.5 Å². The zero-order valence-corrected chi connectivity index (χ0v) is 35.9. The topological polar surface area (TPSA) is 322 Å². The van der Waals surface area contributed by atoms with Crippen molar-refractivity contribution < 1.29 is 49.4 Å². The Balaban J connectivity index is -0.000000137. The summed E-state index contributed by atoms with van der Waals surface area (Å²) in [6.07, 6.45) is 12.0. The Morgan fingerprint density at radius 2 is 1.02 bits per heavy atom. The van der Waals surface area contributed by atoms with E-state index in [9.17, 15) is 0 Å². The SMILES string of the molecule is C1OOO1.CC(=O)O.CC(C)(C)N.CC(C)(C)n1ccnc1.Cc1cc(C)c(-n2ccnc2)c(C)c1.Cc1cc(C)c(N)c(C)c1.N.N.O.O=CC=O.O=CC=O. The van der Waals surface area contributed by atoms with Crippen LogP contribution in [0.15, 0.2) is 61.7 Å². The minimum Gasteiger partial charge on any atom is -0.481 e. The lowest BCUT2D eigenvalue weighted by Gasteiger charge is -2.19. The molecule has 2 aromatic heterocycles. The fourth-order valence-corrected chi connectivity index (χ4v) is 3.87. The molecule has 2 aromatic carbocycles. The van der Waals surface area contributed by atoms with Crippen molar-refractivity contribution in [1.29, 1.82) is 0 Å². The lowest BCUT2D eigenvalue weighted by Crippen LogP contribution is -2.26. The van der Waals surface area contributed by atoms with E-state index in [0.29, 0.717) is 0 Å². The fraction of sp³-hybridized carbons (Fsp3) is 0.410. The van der Waals surface area contributed by atoms with Crippen LogP contribution in [0.25, 0.3) is 5.69 Å². The second kappa shape index (κ2) is 35.0. The van der Waals surface area contributed by atoms with Crippen LogP contribution in [-0.2, 0) is 44.3 Å². The van der Waals surface area contributed by atoms with Gasteiger partial charge < -0.3 is 43.5 Å². The smallest absolute Gasteiger partial charge is 0.300 e. The second-order valence-electron chi connectivity index (χ2n) is 13.5. The first-order chi connectivity index (χ1) is 25.0. The summed E-state index contributed by atoms with van der Waals surface area (Å²) in [6, 6.07) is 8.59. The van der Waals surface area contributed by atoms with Crippen molar-refractivity contribution in [3.63, 3.8) is 0 Å². The molecule has 0 radical (unpaired) electrons. The van der Waals surface area contributed by atoms with Crippen molar-refractivity contribution in [1.82, 2.24) is 31.4 Å². The first kappa shape index (κ1) is 63.5. The van der Waals surface area contributed by atoms with Gasteiger partial charge in [-0.25, -0.2) is 9.97 Å². The van der Waals surface area contributed by atoms with E-state index < -0.39 is 5.97 Å². The number of anilines is 1. The molecule has 324 valence electrons. The summed E-state index contributed by atoms with van der Waals surface area (Å²) < 4.78 is 4.14. The molecule has 1 aliphatic heterocycles. The number of nitrogens with zero attached hydrogens (tertiary/aromatic N) is 4. The number of aliphatic carboxylic acids is 1. The van der Waals surface area contributed by atoms with E-state index in [-0.39, 0.29) is 60.8 Å². The van der Waals surface area contributed by atoms with E-state index >= 15 is 0 Å². The average Bonchev–Trinajstić information content (AvgIpc) is 3.74. The van der Waals surface area contributed by atoms with Gasteiger partial charge in [-0.1, -0.05) is 40.4 Å². The molecule has 18 heteroatoms. The highest BCUT2D eigenvalue weighted by atomic mass is 17.6. The number of hydrogen-bond acceptors (Lipinski definition) is 14. The third kappa shape index (κ3) is 37.2. The molecule has 0 aliphatic carbocycles. The number of aldehydes is 4. The van der Waals surface area contributed by atoms with E-state index in [0.717, 1.165) is 12.6 Å². The van der Waals surface area contributed by atoms with E-state index in [4.69, 9.17) is 40.5 Å². The molecule has 57 heavy (non-hydrogen) atoms. The largest absolute Gasteiger partial charge is 0.481 e. The van der Waals surface area contributed by atoms with Gasteiger partial charge in [0.2, 0.25) is 6.79 Å². The van der Waals surface area contributed by atoms with Crippen LogP contribution in [0.2, 0.25) is 0 Å². The van der Waals surface area contributed by atoms with E-state index in [1.807, 2.05) is 59.7 Å². The van der Waals surface area contributed by atoms with Crippen LogP contribution in [0.1, 0.15) is 81.8 Å². The minimum atomic E-state index is -0.833. The summed E-state index contributed by atoms with van der Waals surface area (Å²) >= 11 is 0. The molecular formula is C39H68N8O10. The van der Waals surface area contributed by atoms with E-state index in [1.54, 1.807) is 12.4 Å². The number of carboxylic acid groups (broad SMARTS) is 1. The molecule has 0 amide bonds. The Kier molecular flexibility index (Phi) is 38.9. The number of carboxylic acids is 1. The molecular weight excluding hydrogens is 740 g/mol. The summed E-state index contributed by atoms with van der Waals surface area (Å²) in [5, 5.41) is 11.1. The molecule has 0 saturated carbocycles. The fourth-order valence-electron chi connectivity index (χ4n) is 3.87. The maximum atomic E-state index is 9.00. The Morgan fingerprint density at radius 1 is 0.719 bits per heavy atom. The molecule has 1 fully saturated rings. The highest BCUT2D eigenvalue weighted by Gasteiger charge is 2.10. The number of nitrogen functional groups attached to an aromatic ring is 1. The number of aryl methyl sites for hydroxylation is 6. The van der Waals surface area contributed by atoms with Crippen LogP contribution in [0.5, 0.6) is 0 Å². The number of nitrogens with two attached hydrogens (primary N) is 2. The van der Waals surface area contributed by atoms with Gasteiger partial charge >= 0.3 is 0 Å². The van der Waals surface area contributed by atoms with Crippen LogP contribution in [0.4, 0.5) is 5.69 Å². The van der Waals surface area contributed by atoms with E-state index in [2.05, 4.69) is 107 Å². The van der Waals surface area contributed by atoms with Crippen LogP contribution >= 0.6 is 0 Å². The molecule has 1 saturated heterocycles. The molecule has 5 rings (SSSR count). The average molecular weight is 809 g/mol. The van der Waals surface area contributed by atoms with Crippen molar-refractivity contribution in [2.24, 2.45) is 5.73 Å². The predicted molar refractivity (Wildman–Crippen MR) is 223 cm³/mol. The number of rotatable bonds is 3. The van der Waals surface area contributed by atoms with Crippen molar-refractivity contribution >= 4 is 36.8 Å². The molecule has 3 heterocycles. The lowest BCUT2D eigenvalue weighted by molar-refractivity contribution is -0.652. The van der Waals surface area contributed by atoms with Crippen LogP contribution in [-0.4, -0.2) is 73.1 Å². The molecule has 18 nitrogen and oxygen atoms in total. The Bertz CT molecular complexity index is 1550. The van der Waals surface area contributed by atoms with Gasteiger partial charge in [0.15, 0.2) is 25.1 Å². The first-order valence-corrected chi connectivity index (χ1v) is 16.5. The molecule has 4 aromatic rings. The number of hydrogen-bond donors (Lipinski definition) is 5. The van der Waals surface area contributed by atoms with Crippen molar-refractivity contribution in [3.05, 3.63) is 95.1 Å². The molecule has 13 N–H and O–H groups in total. The highest BCUT2D eigenvalue weighted by Crippen LogP contribution is 2.20. The minimum absolute atomic E-state index is 0. The van der Waals surface area contributed by atoms with Gasteiger partial charge in [-0.3, -0.25) is 24.0 Å². The zero-order valence-electron chi connectivity index (χ0n) is 35.9. The van der Waals surface area contributed by atoms with Gasteiger partial charge in [0.1, 0.15) is 0 Å². The predicted octanol–water partition coefficient (Wildman–Crippen LogP) is 5.57. The Morgan fingerprint density at radius 3 is 1.23 bits per heavy atom. The summed E-state index contributed by atoms with van der Waals surface area (Å²) in [7, 11) is 0. The Labute approximate surface area is 337 Å². The number of aromatic nitrogens is 4. The van der Waals surface area contributed by atoms with Gasteiger partial charge in [0.25, 0.3) is 5.97 Å². The normalized spacial score (nSPS) is 10.1. The number of imidazole rings is 2. The standard InChI is InChI=1S/C12H14N2.C9H13N.C7H12N2.C4H11N.C2H4O2.2C2H2O2.CH2O3.2H3N.H2O/c1-9-6-10(2)12(11(3)7-9)14-5-4-13-8-14;1-6-4-7(2)9(10)8(3)5-6;1-7(2,3)9-5-4-8-6-9;1-4(2,3)5;1-2(3)4;2*3-1-2-4;1-2-4-3-1;;;/h4-8H,1-3H3;4-5H,10H2,1-3H3;4-6H,1-3H3;5H2,1-3H3;1H3,(H,3,4);2*1-2H;1H2;2*1H3;1H2. The number of carbonyl (C=O) groups is 5. The first-order valence-electron chi connectivity index (χ1n) is 16.5. The molecule has 0 bridgehead atoms.